The van der Waals surface area contributed by atoms with Crippen LogP contribution >= 0.6 is 45.4 Å². The molecular formula is C8H5Cl4F3Si. The van der Waals surface area contributed by atoms with E-state index in [1.807, 2.05) is 0 Å². The van der Waals surface area contributed by atoms with Gasteiger partial charge >= 0.3 is 6.18 Å². The van der Waals surface area contributed by atoms with E-state index in [0.29, 0.717) is 0 Å². The lowest BCUT2D eigenvalue weighted by atomic mass is 10.2. The Morgan fingerprint density at radius 1 is 1.12 bits per heavy atom. The predicted molar refractivity (Wildman–Crippen MR) is 64.4 cm³/mol. The highest BCUT2D eigenvalue weighted by atomic mass is 35.7. The summed E-state index contributed by atoms with van der Waals surface area (Å²) in [6, 6.07) is 2.12. The standard InChI is InChI=1S/C8H5Cl4F3Si/c1-16(11,12)4-2-5(8(13,14)15)7(10)6(9)3-4/h2-3H,1H3. The van der Waals surface area contributed by atoms with Gasteiger partial charge in [0.15, 0.2) is 0 Å². The molecule has 90 valence electrons. The highest BCUT2D eigenvalue weighted by Gasteiger charge is 2.36. The number of halogens is 7. The minimum atomic E-state index is -4.58. The van der Waals surface area contributed by atoms with E-state index in [9.17, 15) is 13.2 Å². The fourth-order valence-electron chi connectivity index (χ4n) is 1.05. The quantitative estimate of drug-likeness (QED) is 0.515. The molecule has 0 amide bonds. The molecule has 0 radical (unpaired) electrons. The Hall–Kier alpha value is 0.387. The van der Waals surface area contributed by atoms with Crippen LogP contribution in [0.15, 0.2) is 12.1 Å². The van der Waals surface area contributed by atoms with Crippen molar-refractivity contribution in [2.75, 3.05) is 0 Å². The highest BCUT2D eigenvalue weighted by Crippen LogP contribution is 2.38. The van der Waals surface area contributed by atoms with Gasteiger partial charge in [-0.1, -0.05) is 23.2 Å². The van der Waals surface area contributed by atoms with E-state index in [1.54, 1.807) is 0 Å². The van der Waals surface area contributed by atoms with Gasteiger partial charge in [-0.05, 0) is 23.9 Å². The molecule has 0 N–H and O–H groups in total. The second kappa shape index (κ2) is 4.57. The molecule has 1 aromatic carbocycles. The third kappa shape index (κ3) is 3.20. The molecule has 0 aliphatic rings. The number of benzene rings is 1. The molecule has 1 aromatic rings. The van der Waals surface area contributed by atoms with Gasteiger partial charge in [0.2, 0.25) is 0 Å². The van der Waals surface area contributed by atoms with Crippen molar-refractivity contribution >= 4 is 57.2 Å². The lowest BCUT2D eigenvalue weighted by Crippen LogP contribution is -2.33. The molecule has 0 aliphatic heterocycles. The monoisotopic (exact) mass is 326 g/mol. The maximum absolute atomic E-state index is 12.6. The summed E-state index contributed by atoms with van der Waals surface area (Å²) in [5, 5.41) is -0.562. The number of alkyl halides is 3. The van der Waals surface area contributed by atoms with Crippen LogP contribution < -0.4 is 5.19 Å². The van der Waals surface area contributed by atoms with Crippen LogP contribution in [-0.2, 0) is 6.18 Å². The summed E-state index contributed by atoms with van der Waals surface area (Å²) in [6.07, 6.45) is -4.58. The molecule has 0 nitrogen and oxygen atoms in total. The van der Waals surface area contributed by atoms with Crippen molar-refractivity contribution in [3.63, 3.8) is 0 Å². The molecule has 0 aliphatic carbocycles. The van der Waals surface area contributed by atoms with Crippen LogP contribution in [0.2, 0.25) is 16.6 Å². The lowest BCUT2D eigenvalue weighted by Gasteiger charge is -2.16. The molecule has 0 bridgehead atoms. The van der Waals surface area contributed by atoms with Gasteiger partial charge in [0, 0.05) is 0 Å². The van der Waals surface area contributed by atoms with E-state index >= 15 is 0 Å². The molecule has 1 rings (SSSR count). The lowest BCUT2D eigenvalue weighted by molar-refractivity contribution is -0.137. The Bertz CT molecular complexity index is 411. The Morgan fingerprint density at radius 2 is 1.62 bits per heavy atom. The van der Waals surface area contributed by atoms with Gasteiger partial charge in [-0.3, -0.25) is 0 Å². The maximum Gasteiger partial charge on any atom is 0.417 e. The van der Waals surface area contributed by atoms with Crippen molar-refractivity contribution < 1.29 is 13.2 Å². The van der Waals surface area contributed by atoms with Crippen LogP contribution in [0.5, 0.6) is 0 Å². The summed E-state index contributed by atoms with van der Waals surface area (Å²) < 4.78 is 37.7. The Kier molecular flexibility index (Phi) is 4.13. The van der Waals surface area contributed by atoms with E-state index in [1.165, 1.54) is 12.6 Å². The molecule has 0 spiro atoms. The Morgan fingerprint density at radius 3 is 2.00 bits per heavy atom. The summed E-state index contributed by atoms with van der Waals surface area (Å²) in [6.45, 7) is -1.41. The zero-order valence-corrected chi connectivity index (χ0v) is 11.8. The van der Waals surface area contributed by atoms with Crippen molar-refractivity contribution in [3.8, 4) is 0 Å². The molecule has 0 saturated heterocycles. The fraction of sp³-hybridized carbons (Fsp3) is 0.250. The normalized spacial score (nSPS) is 13.0. The average Bonchev–Trinajstić information content (AvgIpc) is 2.05. The number of hydrogen-bond acceptors (Lipinski definition) is 0. The van der Waals surface area contributed by atoms with Gasteiger partial charge in [0.1, 0.15) is 0 Å². The molecule has 0 heterocycles. The molecule has 0 atom stereocenters. The number of rotatable bonds is 1. The van der Waals surface area contributed by atoms with Crippen molar-refractivity contribution in [2.45, 2.75) is 12.7 Å². The summed E-state index contributed by atoms with van der Waals surface area (Å²) in [4.78, 5) is 0. The first-order valence-corrected chi connectivity index (χ1v) is 9.26. The Balaban J connectivity index is 3.46. The van der Waals surface area contributed by atoms with Gasteiger partial charge in [-0.15, -0.1) is 22.2 Å². The van der Waals surface area contributed by atoms with Gasteiger partial charge in [-0.2, -0.15) is 13.2 Å². The first-order chi connectivity index (χ1) is 7.03. The van der Waals surface area contributed by atoms with E-state index in [2.05, 4.69) is 0 Å². The molecule has 0 aromatic heterocycles. The van der Waals surface area contributed by atoms with Gasteiger partial charge in [0.05, 0.1) is 15.6 Å². The third-order valence-corrected chi connectivity index (χ3v) is 5.25. The van der Waals surface area contributed by atoms with Crippen molar-refractivity contribution in [1.29, 1.82) is 0 Å². The first-order valence-electron chi connectivity index (χ1n) is 3.98. The summed E-state index contributed by atoms with van der Waals surface area (Å²) in [5.41, 5.74) is -1.02. The summed E-state index contributed by atoms with van der Waals surface area (Å²) >= 11 is 22.8. The maximum atomic E-state index is 12.6. The van der Waals surface area contributed by atoms with E-state index in [4.69, 9.17) is 45.4 Å². The third-order valence-electron chi connectivity index (χ3n) is 1.84. The van der Waals surface area contributed by atoms with Crippen LogP contribution in [0.4, 0.5) is 13.2 Å². The van der Waals surface area contributed by atoms with Crippen LogP contribution in [0, 0.1) is 0 Å². The van der Waals surface area contributed by atoms with Gasteiger partial charge in [-0.25, -0.2) is 0 Å². The van der Waals surface area contributed by atoms with Crippen LogP contribution in [0.25, 0.3) is 0 Å². The van der Waals surface area contributed by atoms with Gasteiger partial charge < -0.3 is 0 Å². The topological polar surface area (TPSA) is 0 Å². The largest absolute Gasteiger partial charge is 0.417 e. The first kappa shape index (κ1) is 14.4. The van der Waals surface area contributed by atoms with E-state index < -0.39 is 23.5 Å². The summed E-state index contributed by atoms with van der Waals surface area (Å²) in [5.74, 6) is 0. The highest BCUT2D eigenvalue weighted by molar-refractivity contribution is 7.50. The molecule has 0 saturated carbocycles. The van der Waals surface area contributed by atoms with Crippen LogP contribution in [0.1, 0.15) is 5.56 Å². The van der Waals surface area contributed by atoms with E-state index in [0.717, 1.165) is 6.07 Å². The molecule has 0 unspecified atom stereocenters. The van der Waals surface area contributed by atoms with E-state index in [-0.39, 0.29) is 10.2 Å². The second-order valence-corrected chi connectivity index (χ2v) is 11.5. The minimum Gasteiger partial charge on any atom is -0.166 e. The smallest absolute Gasteiger partial charge is 0.166 e. The van der Waals surface area contributed by atoms with Crippen LogP contribution in [-0.4, -0.2) is 6.69 Å². The van der Waals surface area contributed by atoms with Gasteiger partial charge in [0.25, 0.3) is 6.69 Å². The van der Waals surface area contributed by atoms with Crippen molar-refractivity contribution in [1.82, 2.24) is 0 Å². The molecule has 16 heavy (non-hydrogen) atoms. The SMILES string of the molecule is C[Si](Cl)(Cl)c1cc(Cl)c(Cl)c(C(F)(F)F)c1. The predicted octanol–water partition coefficient (Wildman–Crippen LogP) is 4.77. The average molecular weight is 328 g/mol. The second-order valence-electron chi connectivity index (χ2n) is 3.21. The van der Waals surface area contributed by atoms with Crippen molar-refractivity contribution in [3.05, 3.63) is 27.7 Å². The zero-order valence-electron chi connectivity index (χ0n) is 7.80. The molecule has 8 heteroatoms. The fourth-order valence-corrected chi connectivity index (χ4v) is 3.03. The van der Waals surface area contributed by atoms with Crippen molar-refractivity contribution in [2.24, 2.45) is 0 Å². The number of hydrogen-bond donors (Lipinski definition) is 0. The molecule has 0 fully saturated rings. The minimum absolute atomic E-state index is 0.178. The summed E-state index contributed by atoms with van der Waals surface area (Å²) in [7, 11) is 0. The Labute approximate surface area is 111 Å². The molecular weight excluding hydrogens is 323 g/mol. The zero-order chi connectivity index (χ0) is 12.7. The van der Waals surface area contributed by atoms with Crippen LogP contribution in [0.3, 0.4) is 0 Å².